The monoisotopic (exact) mass is 394 g/mol. The quantitative estimate of drug-likeness (QED) is 0.379. The SMILES string of the molecule is Bc1c(B)c(C(=O)Nc2cc3cc(-c4cncn4C)ccc3cn2)c(B)c(B)c1F. The summed E-state index contributed by atoms with van der Waals surface area (Å²) >= 11 is 0. The molecule has 0 aliphatic carbocycles. The molecule has 0 aliphatic heterocycles. The number of fused-ring (bicyclic) bond motifs is 1. The van der Waals surface area contributed by atoms with Gasteiger partial charge in [0.15, 0.2) is 0 Å². The minimum atomic E-state index is -0.286. The summed E-state index contributed by atoms with van der Waals surface area (Å²) in [5.74, 6) is -0.0907. The van der Waals surface area contributed by atoms with Crippen molar-refractivity contribution in [2.45, 2.75) is 0 Å². The van der Waals surface area contributed by atoms with E-state index in [-0.39, 0.29) is 11.7 Å². The van der Waals surface area contributed by atoms with E-state index in [4.69, 9.17) is 0 Å². The van der Waals surface area contributed by atoms with Crippen molar-refractivity contribution in [2.75, 3.05) is 5.32 Å². The molecule has 2 aromatic heterocycles. The number of carbonyl (C=O) groups is 1. The van der Waals surface area contributed by atoms with Gasteiger partial charge in [0.25, 0.3) is 5.91 Å². The maximum absolute atomic E-state index is 14.3. The molecule has 4 rings (SSSR count). The predicted molar refractivity (Wildman–Crippen MR) is 131 cm³/mol. The summed E-state index contributed by atoms with van der Waals surface area (Å²) in [4.78, 5) is 21.6. The maximum Gasteiger partial charge on any atom is 0.255 e. The van der Waals surface area contributed by atoms with Gasteiger partial charge < -0.3 is 9.88 Å². The van der Waals surface area contributed by atoms with Crippen LogP contribution in [0.25, 0.3) is 22.0 Å². The lowest BCUT2D eigenvalue weighted by molar-refractivity contribution is 0.102. The standard InChI is InChI=1S/C20H19B4FN4O/c1-29-8-26-7-12(29)9-2-3-10-6-27-13(5-11(10)4-9)28-20(30)14-15(21)17(23)19(25)18(24)16(14)22/h2-8H,21-24H2,1H3,(H,27,28,30). The minimum Gasteiger partial charge on any atom is -0.334 e. The lowest BCUT2D eigenvalue weighted by atomic mass is 9.66. The number of hydrogen-bond donors (Lipinski definition) is 1. The normalized spacial score (nSPS) is 11.0. The Kier molecular flexibility index (Phi) is 5.02. The summed E-state index contributed by atoms with van der Waals surface area (Å²) in [6.07, 6.45) is 5.31. The molecular weight excluding hydrogens is 374 g/mol. The molecule has 0 spiro atoms. The van der Waals surface area contributed by atoms with Crippen LogP contribution >= 0.6 is 0 Å². The van der Waals surface area contributed by atoms with Crippen LogP contribution in [0.2, 0.25) is 0 Å². The Balaban J connectivity index is 1.71. The number of aryl methyl sites for hydroxylation is 1. The van der Waals surface area contributed by atoms with E-state index < -0.39 is 0 Å². The Morgan fingerprint density at radius 1 is 1.00 bits per heavy atom. The molecule has 0 bridgehead atoms. The van der Waals surface area contributed by atoms with Crippen LogP contribution in [0.5, 0.6) is 0 Å². The second kappa shape index (κ2) is 7.52. The van der Waals surface area contributed by atoms with Gasteiger partial charge in [0, 0.05) is 29.8 Å². The number of nitrogens with zero attached hydrogens (tertiary/aromatic N) is 3. The third kappa shape index (κ3) is 3.32. The number of halogens is 1. The first-order chi connectivity index (χ1) is 14.3. The van der Waals surface area contributed by atoms with E-state index in [1.165, 1.54) is 0 Å². The smallest absolute Gasteiger partial charge is 0.255 e. The zero-order chi connectivity index (χ0) is 21.6. The second-order valence-electron chi connectivity index (χ2n) is 7.66. The van der Waals surface area contributed by atoms with Crippen molar-refractivity contribution in [3.8, 4) is 11.3 Å². The van der Waals surface area contributed by atoms with Crippen LogP contribution in [-0.4, -0.2) is 51.8 Å². The molecule has 0 fully saturated rings. The van der Waals surface area contributed by atoms with Crippen molar-refractivity contribution in [1.82, 2.24) is 14.5 Å². The first-order valence-corrected chi connectivity index (χ1v) is 9.71. The van der Waals surface area contributed by atoms with E-state index in [9.17, 15) is 9.18 Å². The number of carbonyl (C=O) groups excluding carboxylic acids is 1. The molecule has 0 radical (unpaired) electrons. The van der Waals surface area contributed by atoms with Crippen LogP contribution in [0, 0.1) is 5.82 Å². The van der Waals surface area contributed by atoms with E-state index in [1.807, 2.05) is 42.1 Å². The zero-order valence-corrected chi connectivity index (χ0v) is 17.7. The fourth-order valence-electron chi connectivity index (χ4n) is 3.79. The molecule has 30 heavy (non-hydrogen) atoms. The molecule has 0 aliphatic rings. The number of imidazole rings is 1. The van der Waals surface area contributed by atoms with Gasteiger partial charge >= 0.3 is 0 Å². The van der Waals surface area contributed by atoms with Gasteiger partial charge in [-0.3, -0.25) is 4.79 Å². The van der Waals surface area contributed by atoms with Gasteiger partial charge in [-0.05, 0) is 17.5 Å². The average Bonchev–Trinajstić information content (AvgIpc) is 3.16. The molecule has 0 saturated carbocycles. The highest BCUT2D eigenvalue weighted by molar-refractivity contribution is 6.59. The molecule has 1 N–H and O–H groups in total. The largest absolute Gasteiger partial charge is 0.334 e. The molecule has 10 heteroatoms. The molecule has 1 amide bonds. The van der Waals surface area contributed by atoms with Gasteiger partial charge in [0.1, 0.15) is 43.0 Å². The van der Waals surface area contributed by atoms with Crippen LogP contribution in [0.3, 0.4) is 0 Å². The van der Waals surface area contributed by atoms with Crippen molar-refractivity contribution < 1.29 is 9.18 Å². The fraction of sp³-hybridized carbons (Fsp3) is 0.0500. The number of amides is 1. The van der Waals surface area contributed by atoms with Crippen molar-refractivity contribution >= 4 is 75.7 Å². The lowest BCUT2D eigenvalue weighted by Gasteiger charge is -2.17. The fourth-order valence-corrected chi connectivity index (χ4v) is 3.79. The molecule has 144 valence electrons. The Labute approximate surface area is 177 Å². The number of anilines is 1. The van der Waals surface area contributed by atoms with Crippen LogP contribution < -0.4 is 27.2 Å². The third-order valence-electron chi connectivity index (χ3n) is 5.84. The first kappa shape index (κ1) is 20.0. The molecule has 0 saturated heterocycles. The Morgan fingerprint density at radius 3 is 2.33 bits per heavy atom. The number of benzene rings is 2. The second-order valence-corrected chi connectivity index (χ2v) is 7.66. The van der Waals surface area contributed by atoms with Crippen molar-refractivity contribution in [1.29, 1.82) is 0 Å². The number of aromatic nitrogens is 3. The van der Waals surface area contributed by atoms with Crippen molar-refractivity contribution in [3.63, 3.8) is 0 Å². The molecule has 4 aromatic rings. The van der Waals surface area contributed by atoms with Crippen LogP contribution in [0.4, 0.5) is 10.2 Å². The van der Waals surface area contributed by atoms with Gasteiger partial charge in [-0.1, -0.05) is 34.0 Å². The number of hydrogen-bond acceptors (Lipinski definition) is 3. The van der Waals surface area contributed by atoms with Gasteiger partial charge in [0.2, 0.25) is 0 Å². The highest BCUT2D eigenvalue weighted by Gasteiger charge is 2.19. The maximum atomic E-state index is 14.3. The Hall–Kier alpha value is -3.28. The van der Waals surface area contributed by atoms with E-state index in [2.05, 4.69) is 15.3 Å². The van der Waals surface area contributed by atoms with Crippen LogP contribution in [0.1, 0.15) is 10.4 Å². The summed E-state index contributed by atoms with van der Waals surface area (Å²) in [5, 5.41) is 4.81. The van der Waals surface area contributed by atoms with Gasteiger partial charge in [-0.2, -0.15) is 0 Å². The minimum absolute atomic E-state index is 0.256. The third-order valence-corrected chi connectivity index (χ3v) is 5.84. The van der Waals surface area contributed by atoms with Gasteiger partial charge in [-0.15, -0.1) is 0 Å². The van der Waals surface area contributed by atoms with E-state index in [0.717, 1.165) is 22.0 Å². The Bertz CT molecular complexity index is 1290. The van der Waals surface area contributed by atoms with Gasteiger partial charge in [-0.25, -0.2) is 14.4 Å². The van der Waals surface area contributed by atoms with E-state index in [0.29, 0.717) is 33.2 Å². The Morgan fingerprint density at radius 2 is 1.70 bits per heavy atom. The number of nitrogens with one attached hydrogen (secondary N) is 1. The van der Waals surface area contributed by atoms with E-state index in [1.54, 1.807) is 43.9 Å². The van der Waals surface area contributed by atoms with Crippen molar-refractivity contribution in [3.05, 3.63) is 54.4 Å². The highest BCUT2D eigenvalue weighted by Crippen LogP contribution is 2.25. The molecule has 2 aromatic carbocycles. The molecular formula is C20H19B4FN4O. The van der Waals surface area contributed by atoms with Crippen LogP contribution in [0.15, 0.2) is 43.0 Å². The van der Waals surface area contributed by atoms with Crippen LogP contribution in [-0.2, 0) is 7.05 Å². The summed E-state index contributed by atoms with van der Waals surface area (Å²) in [5.41, 5.74) is 4.81. The molecule has 2 heterocycles. The van der Waals surface area contributed by atoms with Gasteiger partial charge in [0.05, 0.1) is 18.2 Å². The highest BCUT2D eigenvalue weighted by atomic mass is 19.1. The lowest BCUT2D eigenvalue weighted by Crippen LogP contribution is -2.49. The summed E-state index contributed by atoms with van der Waals surface area (Å²) in [7, 11) is 8.88. The predicted octanol–water partition coefficient (Wildman–Crippen LogP) is -2.94. The summed E-state index contributed by atoms with van der Waals surface area (Å²) < 4.78 is 16.3. The van der Waals surface area contributed by atoms with Crippen molar-refractivity contribution in [2.24, 2.45) is 7.05 Å². The number of pyridine rings is 1. The molecule has 5 nitrogen and oxygen atoms in total. The molecule has 0 unspecified atom stereocenters. The van der Waals surface area contributed by atoms with E-state index >= 15 is 0 Å². The number of rotatable bonds is 3. The average molecular weight is 394 g/mol. The first-order valence-electron chi connectivity index (χ1n) is 9.71. The zero-order valence-electron chi connectivity index (χ0n) is 17.7. The topological polar surface area (TPSA) is 59.8 Å². The summed E-state index contributed by atoms with van der Waals surface area (Å²) in [6, 6.07) is 7.92. The summed E-state index contributed by atoms with van der Waals surface area (Å²) in [6.45, 7) is 0. The molecule has 0 atom stereocenters.